The lowest BCUT2D eigenvalue weighted by Gasteiger charge is -2.37. The predicted molar refractivity (Wildman–Crippen MR) is 96.6 cm³/mol. The standard InChI is InChI=1S/C20H21N3O4/c1-14-12-23(13-17(26-14)15-6-3-2-4-7-15)19(24)10-9-18-21-20(22-27-18)16-8-5-11-25-16/h2-8,11,14,17H,9-10,12-13H2,1H3. The number of aryl methyl sites for hydroxylation is 1. The number of nitrogens with zero attached hydrogens (tertiary/aromatic N) is 3. The molecule has 0 aliphatic carbocycles. The molecule has 0 N–H and O–H groups in total. The zero-order valence-electron chi connectivity index (χ0n) is 15.1. The molecule has 2 atom stereocenters. The lowest BCUT2D eigenvalue weighted by molar-refractivity contribution is -0.144. The molecule has 1 aliphatic heterocycles. The van der Waals surface area contributed by atoms with Gasteiger partial charge >= 0.3 is 0 Å². The molecular formula is C20H21N3O4. The van der Waals surface area contributed by atoms with Gasteiger partial charge in [-0.1, -0.05) is 35.5 Å². The van der Waals surface area contributed by atoms with Crippen LogP contribution in [-0.4, -0.2) is 40.1 Å². The molecule has 4 rings (SSSR count). The minimum Gasteiger partial charge on any atom is -0.461 e. The van der Waals surface area contributed by atoms with Crippen LogP contribution in [0.25, 0.3) is 11.6 Å². The quantitative estimate of drug-likeness (QED) is 0.688. The van der Waals surface area contributed by atoms with Gasteiger partial charge in [-0.25, -0.2) is 0 Å². The number of furan rings is 1. The summed E-state index contributed by atoms with van der Waals surface area (Å²) >= 11 is 0. The van der Waals surface area contributed by atoms with Crippen molar-refractivity contribution in [2.24, 2.45) is 0 Å². The maximum absolute atomic E-state index is 12.7. The van der Waals surface area contributed by atoms with E-state index < -0.39 is 0 Å². The highest BCUT2D eigenvalue weighted by molar-refractivity contribution is 5.76. The lowest BCUT2D eigenvalue weighted by atomic mass is 10.1. The Morgan fingerprint density at radius 2 is 2.04 bits per heavy atom. The maximum Gasteiger partial charge on any atom is 0.238 e. The number of rotatable bonds is 5. The molecule has 0 spiro atoms. The first-order valence-electron chi connectivity index (χ1n) is 9.03. The molecule has 1 amide bonds. The number of hydrogen-bond acceptors (Lipinski definition) is 6. The van der Waals surface area contributed by atoms with Gasteiger partial charge in [0.1, 0.15) is 6.10 Å². The molecule has 0 bridgehead atoms. The summed E-state index contributed by atoms with van der Waals surface area (Å²) in [5.74, 6) is 1.43. The summed E-state index contributed by atoms with van der Waals surface area (Å²) < 4.78 is 16.5. The number of aromatic nitrogens is 2. The van der Waals surface area contributed by atoms with Gasteiger partial charge in [-0.05, 0) is 24.6 Å². The SMILES string of the molecule is CC1CN(C(=O)CCc2nc(-c3ccco3)no2)CC(c2ccccc2)O1. The van der Waals surface area contributed by atoms with Crippen molar-refractivity contribution in [3.8, 4) is 11.6 Å². The molecule has 0 radical (unpaired) electrons. The summed E-state index contributed by atoms with van der Waals surface area (Å²) in [7, 11) is 0. The van der Waals surface area contributed by atoms with Crippen LogP contribution in [0.5, 0.6) is 0 Å². The van der Waals surface area contributed by atoms with Gasteiger partial charge in [0, 0.05) is 19.4 Å². The number of carbonyl (C=O) groups is 1. The summed E-state index contributed by atoms with van der Waals surface area (Å²) in [6.07, 6.45) is 2.15. The van der Waals surface area contributed by atoms with Gasteiger partial charge in [-0.15, -0.1) is 0 Å². The van der Waals surface area contributed by atoms with E-state index in [4.69, 9.17) is 13.7 Å². The molecule has 1 aliphatic rings. The van der Waals surface area contributed by atoms with Crippen LogP contribution in [0.2, 0.25) is 0 Å². The Hall–Kier alpha value is -2.93. The first-order valence-corrected chi connectivity index (χ1v) is 9.03. The van der Waals surface area contributed by atoms with Gasteiger partial charge in [-0.2, -0.15) is 4.98 Å². The van der Waals surface area contributed by atoms with Crippen LogP contribution in [0.3, 0.4) is 0 Å². The molecule has 1 saturated heterocycles. The summed E-state index contributed by atoms with van der Waals surface area (Å²) in [5.41, 5.74) is 1.09. The Kier molecular flexibility index (Phi) is 5.02. The van der Waals surface area contributed by atoms with E-state index in [9.17, 15) is 4.79 Å². The van der Waals surface area contributed by atoms with Crippen molar-refractivity contribution >= 4 is 5.91 Å². The number of morpholine rings is 1. The van der Waals surface area contributed by atoms with Gasteiger partial charge in [0.05, 0.1) is 18.9 Å². The molecule has 1 fully saturated rings. The second-order valence-corrected chi connectivity index (χ2v) is 6.63. The van der Waals surface area contributed by atoms with Crippen LogP contribution in [0.15, 0.2) is 57.7 Å². The number of carbonyl (C=O) groups excluding carboxylic acids is 1. The highest BCUT2D eigenvalue weighted by atomic mass is 16.5. The van der Waals surface area contributed by atoms with Gasteiger partial charge in [0.2, 0.25) is 17.6 Å². The Morgan fingerprint density at radius 1 is 1.19 bits per heavy atom. The van der Waals surface area contributed by atoms with Gasteiger partial charge in [0.15, 0.2) is 5.76 Å². The molecule has 2 aromatic heterocycles. The number of ether oxygens (including phenoxy) is 1. The van der Waals surface area contributed by atoms with E-state index in [-0.39, 0.29) is 18.1 Å². The molecule has 2 unspecified atom stereocenters. The van der Waals surface area contributed by atoms with Crippen molar-refractivity contribution in [1.29, 1.82) is 0 Å². The van der Waals surface area contributed by atoms with Crippen LogP contribution in [0, 0.1) is 0 Å². The van der Waals surface area contributed by atoms with Crippen LogP contribution >= 0.6 is 0 Å². The topological polar surface area (TPSA) is 81.6 Å². The highest BCUT2D eigenvalue weighted by Gasteiger charge is 2.29. The summed E-state index contributed by atoms with van der Waals surface area (Å²) in [6.45, 7) is 3.13. The number of amides is 1. The van der Waals surface area contributed by atoms with Crippen molar-refractivity contribution in [2.75, 3.05) is 13.1 Å². The maximum atomic E-state index is 12.7. The van der Waals surface area contributed by atoms with Crippen LogP contribution in [0.1, 0.15) is 30.9 Å². The molecule has 3 heterocycles. The predicted octanol–water partition coefficient (Wildman–Crippen LogP) is 3.25. The van der Waals surface area contributed by atoms with Gasteiger partial charge in [-0.3, -0.25) is 4.79 Å². The first kappa shape index (κ1) is 17.5. The first-order chi connectivity index (χ1) is 13.2. The molecule has 1 aromatic carbocycles. The fourth-order valence-electron chi connectivity index (χ4n) is 3.24. The van der Waals surface area contributed by atoms with E-state index in [1.165, 1.54) is 0 Å². The normalized spacial score (nSPS) is 20.0. The van der Waals surface area contributed by atoms with Crippen molar-refractivity contribution in [1.82, 2.24) is 15.0 Å². The summed E-state index contributed by atoms with van der Waals surface area (Å²) in [6, 6.07) is 13.5. The van der Waals surface area contributed by atoms with Gasteiger partial charge < -0.3 is 18.6 Å². The van der Waals surface area contributed by atoms with Crippen LogP contribution in [-0.2, 0) is 16.0 Å². The minimum atomic E-state index is -0.104. The second-order valence-electron chi connectivity index (χ2n) is 6.63. The number of hydrogen-bond donors (Lipinski definition) is 0. The van der Waals surface area contributed by atoms with E-state index in [1.807, 2.05) is 42.2 Å². The van der Waals surface area contributed by atoms with E-state index in [2.05, 4.69) is 10.1 Å². The lowest BCUT2D eigenvalue weighted by Crippen LogP contribution is -2.46. The zero-order valence-corrected chi connectivity index (χ0v) is 15.1. The Balaban J connectivity index is 1.36. The largest absolute Gasteiger partial charge is 0.461 e. The van der Waals surface area contributed by atoms with Gasteiger partial charge in [0.25, 0.3) is 0 Å². The van der Waals surface area contributed by atoms with Crippen molar-refractivity contribution in [3.63, 3.8) is 0 Å². The third kappa shape index (κ3) is 4.09. The van der Waals surface area contributed by atoms with Crippen molar-refractivity contribution in [3.05, 3.63) is 60.2 Å². The third-order valence-corrected chi connectivity index (χ3v) is 4.55. The van der Waals surface area contributed by atoms with Crippen molar-refractivity contribution < 1.29 is 18.5 Å². The van der Waals surface area contributed by atoms with Crippen LogP contribution in [0.4, 0.5) is 0 Å². The second kappa shape index (κ2) is 7.75. The summed E-state index contributed by atoms with van der Waals surface area (Å²) in [4.78, 5) is 18.8. The Labute approximate surface area is 156 Å². The van der Waals surface area contributed by atoms with E-state index in [1.54, 1.807) is 18.4 Å². The average molecular weight is 367 g/mol. The Morgan fingerprint density at radius 3 is 2.81 bits per heavy atom. The molecule has 7 heteroatoms. The van der Waals surface area contributed by atoms with Crippen LogP contribution < -0.4 is 0 Å². The Bertz CT molecular complexity index is 876. The summed E-state index contributed by atoms with van der Waals surface area (Å²) in [5, 5.41) is 3.89. The molecule has 0 saturated carbocycles. The molecule has 7 nitrogen and oxygen atoms in total. The van der Waals surface area contributed by atoms with E-state index in [0.717, 1.165) is 5.56 Å². The fraction of sp³-hybridized carbons (Fsp3) is 0.350. The smallest absolute Gasteiger partial charge is 0.238 e. The fourth-order valence-corrected chi connectivity index (χ4v) is 3.24. The monoisotopic (exact) mass is 367 g/mol. The third-order valence-electron chi connectivity index (χ3n) is 4.55. The van der Waals surface area contributed by atoms with E-state index in [0.29, 0.717) is 43.4 Å². The van der Waals surface area contributed by atoms with E-state index >= 15 is 0 Å². The minimum absolute atomic E-state index is 0.0122. The average Bonchev–Trinajstić information content (AvgIpc) is 3.38. The molecule has 140 valence electrons. The molecule has 27 heavy (non-hydrogen) atoms. The zero-order chi connectivity index (χ0) is 18.6. The molecule has 3 aromatic rings. The number of benzene rings is 1. The molecular weight excluding hydrogens is 346 g/mol. The van der Waals surface area contributed by atoms with Crippen molar-refractivity contribution in [2.45, 2.75) is 32.0 Å². The highest BCUT2D eigenvalue weighted by Crippen LogP contribution is 2.25.